The Bertz CT molecular complexity index is 798. The van der Waals surface area contributed by atoms with Crippen molar-refractivity contribution in [2.24, 2.45) is 5.84 Å². The highest BCUT2D eigenvalue weighted by molar-refractivity contribution is 6.35. The first-order valence-corrected chi connectivity index (χ1v) is 7.25. The van der Waals surface area contributed by atoms with E-state index in [1.807, 2.05) is 31.2 Å². The van der Waals surface area contributed by atoms with Crippen molar-refractivity contribution in [3.05, 3.63) is 69.4 Å². The molecule has 0 saturated heterocycles. The highest BCUT2D eigenvalue weighted by Gasteiger charge is 2.20. The number of furan rings is 1. The van der Waals surface area contributed by atoms with Crippen molar-refractivity contribution in [1.29, 1.82) is 0 Å². The summed E-state index contributed by atoms with van der Waals surface area (Å²) in [4.78, 5) is 0. The maximum Gasteiger partial charge on any atom is 0.134 e. The van der Waals surface area contributed by atoms with Crippen molar-refractivity contribution in [2.45, 2.75) is 13.0 Å². The minimum absolute atomic E-state index is 0.331. The Kier molecular flexibility index (Phi) is 3.91. The van der Waals surface area contributed by atoms with Gasteiger partial charge in [-0.3, -0.25) is 5.84 Å². The van der Waals surface area contributed by atoms with Crippen LogP contribution in [-0.4, -0.2) is 0 Å². The average molecular weight is 321 g/mol. The second kappa shape index (κ2) is 5.70. The van der Waals surface area contributed by atoms with Crippen LogP contribution in [0.1, 0.15) is 22.9 Å². The van der Waals surface area contributed by atoms with E-state index in [4.69, 9.17) is 33.5 Å². The second-order valence-corrected chi connectivity index (χ2v) is 5.80. The predicted octanol–water partition coefficient (Wildman–Crippen LogP) is 4.60. The van der Waals surface area contributed by atoms with Gasteiger partial charge < -0.3 is 4.42 Å². The number of hydrogen-bond donors (Lipinski definition) is 2. The third kappa shape index (κ3) is 2.78. The van der Waals surface area contributed by atoms with E-state index in [0.29, 0.717) is 15.8 Å². The average Bonchev–Trinajstić information content (AvgIpc) is 2.84. The van der Waals surface area contributed by atoms with Gasteiger partial charge in [0.2, 0.25) is 0 Å². The summed E-state index contributed by atoms with van der Waals surface area (Å²) in [6, 6.07) is 13.0. The molecule has 0 radical (unpaired) electrons. The van der Waals surface area contributed by atoms with Crippen LogP contribution in [0.5, 0.6) is 0 Å². The molecule has 2 aromatic carbocycles. The van der Waals surface area contributed by atoms with Gasteiger partial charge in [0.25, 0.3) is 0 Å². The third-order valence-electron chi connectivity index (χ3n) is 3.42. The van der Waals surface area contributed by atoms with E-state index in [2.05, 4.69) is 11.5 Å². The number of fused-ring (bicyclic) bond motifs is 1. The molecule has 0 spiro atoms. The maximum atomic E-state index is 6.26. The molecule has 5 heteroatoms. The lowest BCUT2D eigenvalue weighted by Gasteiger charge is -2.15. The Morgan fingerprint density at radius 3 is 2.62 bits per heavy atom. The van der Waals surface area contributed by atoms with Crippen LogP contribution < -0.4 is 11.3 Å². The van der Waals surface area contributed by atoms with Gasteiger partial charge in [0.05, 0.1) is 0 Å². The summed E-state index contributed by atoms with van der Waals surface area (Å²) in [6.45, 7) is 2.04. The molecule has 0 saturated carbocycles. The number of hydrazine groups is 1. The minimum atomic E-state index is -0.331. The molecule has 0 aliphatic heterocycles. The number of benzene rings is 2. The van der Waals surface area contributed by atoms with Gasteiger partial charge >= 0.3 is 0 Å². The van der Waals surface area contributed by atoms with E-state index in [1.54, 1.807) is 12.1 Å². The topological polar surface area (TPSA) is 51.2 Å². The van der Waals surface area contributed by atoms with Crippen molar-refractivity contribution >= 4 is 34.2 Å². The van der Waals surface area contributed by atoms with Crippen molar-refractivity contribution < 1.29 is 4.42 Å². The van der Waals surface area contributed by atoms with E-state index in [0.717, 1.165) is 16.5 Å². The molecule has 0 bridgehead atoms. The first kappa shape index (κ1) is 14.4. The van der Waals surface area contributed by atoms with E-state index < -0.39 is 0 Å². The fourth-order valence-corrected chi connectivity index (χ4v) is 2.90. The Labute approximate surface area is 132 Å². The Hall–Kier alpha value is -1.52. The van der Waals surface area contributed by atoms with Gasteiger partial charge in [-0.2, -0.15) is 0 Å². The lowest BCUT2D eigenvalue weighted by Crippen LogP contribution is -2.28. The number of rotatable bonds is 3. The van der Waals surface area contributed by atoms with E-state index >= 15 is 0 Å². The van der Waals surface area contributed by atoms with Crippen molar-refractivity contribution in [3.63, 3.8) is 0 Å². The lowest BCUT2D eigenvalue weighted by atomic mass is 10.0. The molecule has 3 nitrogen and oxygen atoms in total. The van der Waals surface area contributed by atoms with Crippen LogP contribution in [0.4, 0.5) is 0 Å². The number of nitrogens with two attached hydrogens (primary N) is 1. The SMILES string of the molecule is Cc1ccc2oc(C(NN)c3ccc(Cl)cc3Cl)cc2c1. The van der Waals surface area contributed by atoms with Crippen LogP contribution in [-0.2, 0) is 0 Å². The van der Waals surface area contributed by atoms with Gasteiger partial charge in [-0.25, -0.2) is 5.43 Å². The van der Waals surface area contributed by atoms with Crippen LogP contribution in [0.25, 0.3) is 11.0 Å². The van der Waals surface area contributed by atoms with Crippen LogP contribution in [0.3, 0.4) is 0 Å². The summed E-state index contributed by atoms with van der Waals surface area (Å²) < 4.78 is 5.88. The second-order valence-electron chi connectivity index (χ2n) is 4.96. The normalized spacial score (nSPS) is 12.8. The van der Waals surface area contributed by atoms with E-state index in [1.165, 1.54) is 5.56 Å². The summed E-state index contributed by atoms with van der Waals surface area (Å²) in [7, 11) is 0. The predicted molar refractivity (Wildman–Crippen MR) is 86.6 cm³/mol. The zero-order chi connectivity index (χ0) is 15.0. The molecule has 21 heavy (non-hydrogen) atoms. The molecule has 1 aromatic heterocycles. The molecule has 1 unspecified atom stereocenters. The van der Waals surface area contributed by atoms with Gasteiger partial charge in [0.15, 0.2) is 0 Å². The fourth-order valence-electron chi connectivity index (χ4n) is 2.39. The van der Waals surface area contributed by atoms with Gasteiger partial charge in [0.1, 0.15) is 17.4 Å². The van der Waals surface area contributed by atoms with Crippen molar-refractivity contribution in [2.75, 3.05) is 0 Å². The zero-order valence-electron chi connectivity index (χ0n) is 11.4. The molecular weight excluding hydrogens is 307 g/mol. The molecule has 0 aliphatic rings. The maximum absolute atomic E-state index is 6.26. The van der Waals surface area contributed by atoms with Crippen LogP contribution >= 0.6 is 23.2 Å². The molecule has 108 valence electrons. The van der Waals surface area contributed by atoms with Crippen molar-refractivity contribution in [1.82, 2.24) is 5.43 Å². The van der Waals surface area contributed by atoms with Gasteiger partial charge in [-0.1, -0.05) is 40.9 Å². The lowest BCUT2D eigenvalue weighted by molar-refractivity contribution is 0.477. The minimum Gasteiger partial charge on any atom is -0.459 e. The first-order chi connectivity index (χ1) is 10.1. The highest BCUT2D eigenvalue weighted by atomic mass is 35.5. The summed E-state index contributed by atoms with van der Waals surface area (Å²) >= 11 is 12.2. The van der Waals surface area contributed by atoms with E-state index in [9.17, 15) is 0 Å². The monoisotopic (exact) mass is 320 g/mol. The smallest absolute Gasteiger partial charge is 0.134 e. The first-order valence-electron chi connectivity index (χ1n) is 6.49. The third-order valence-corrected chi connectivity index (χ3v) is 3.98. The molecule has 3 rings (SSSR count). The molecular formula is C16H14Cl2N2O. The summed E-state index contributed by atoms with van der Waals surface area (Å²) in [6.07, 6.45) is 0. The molecule has 3 aromatic rings. The summed E-state index contributed by atoms with van der Waals surface area (Å²) in [5, 5.41) is 2.16. The molecule has 0 amide bonds. The fraction of sp³-hybridized carbons (Fsp3) is 0.125. The van der Waals surface area contributed by atoms with Crippen LogP contribution in [0, 0.1) is 6.92 Å². The number of hydrogen-bond acceptors (Lipinski definition) is 3. The van der Waals surface area contributed by atoms with Crippen LogP contribution in [0.15, 0.2) is 46.9 Å². The van der Waals surface area contributed by atoms with Gasteiger partial charge in [-0.15, -0.1) is 0 Å². The molecule has 1 heterocycles. The quantitative estimate of drug-likeness (QED) is 0.547. The largest absolute Gasteiger partial charge is 0.459 e. The van der Waals surface area contributed by atoms with E-state index in [-0.39, 0.29) is 6.04 Å². The molecule has 3 N–H and O–H groups in total. The van der Waals surface area contributed by atoms with Gasteiger partial charge in [0, 0.05) is 15.4 Å². The summed E-state index contributed by atoms with van der Waals surface area (Å²) in [5.41, 5.74) is 5.57. The van der Waals surface area contributed by atoms with Crippen LogP contribution in [0.2, 0.25) is 10.0 Å². The number of nitrogens with one attached hydrogen (secondary N) is 1. The zero-order valence-corrected chi connectivity index (χ0v) is 12.9. The molecule has 1 atom stereocenters. The number of aryl methyl sites for hydroxylation is 1. The molecule has 0 fully saturated rings. The standard InChI is InChI=1S/C16H14Cl2N2O/c1-9-2-5-14-10(6-9)7-15(21-14)16(20-19)12-4-3-11(17)8-13(12)18/h2-8,16,20H,19H2,1H3. The Morgan fingerprint density at radius 2 is 1.90 bits per heavy atom. The Balaban J connectivity index is 2.09. The molecule has 0 aliphatic carbocycles. The Morgan fingerprint density at radius 1 is 1.10 bits per heavy atom. The van der Waals surface area contributed by atoms with Crippen molar-refractivity contribution in [3.8, 4) is 0 Å². The summed E-state index contributed by atoms with van der Waals surface area (Å²) in [5.74, 6) is 6.40. The van der Waals surface area contributed by atoms with Gasteiger partial charge in [-0.05, 0) is 42.8 Å². The number of halogens is 2. The highest BCUT2D eigenvalue weighted by Crippen LogP contribution is 2.33.